The highest BCUT2D eigenvalue weighted by atomic mass is 16.6. The first-order valence-electron chi connectivity index (χ1n) is 27.2. The van der Waals surface area contributed by atoms with Crippen LogP contribution in [0, 0.1) is 0 Å². The normalized spacial score (nSPS) is 15.8. The maximum Gasteiger partial charge on any atom is 0.340 e. The van der Waals surface area contributed by atoms with Crippen molar-refractivity contribution < 1.29 is 68.8 Å². The van der Waals surface area contributed by atoms with Crippen LogP contribution in [0.25, 0.3) is 71.0 Å². The number of carbonyl (C=O) groups excluding carboxylic acids is 1. The van der Waals surface area contributed by atoms with Crippen LogP contribution in [0.4, 0.5) is 0 Å². The van der Waals surface area contributed by atoms with Crippen molar-refractivity contribution in [3.8, 4) is 51.4 Å². The third kappa shape index (κ3) is 8.80. The van der Waals surface area contributed by atoms with E-state index in [-0.39, 0.29) is 39.6 Å². The summed E-state index contributed by atoms with van der Waals surface area (Å²) in [6.07, 6.45) is 4.17. The molecule has 16 rings (SSSR count). The zero-order chi connectivity index (χ0) is 60.0. The molecule has 15 nitrogen and oxygen atoms in total. The van der Waals surface area contributed by atoms with Gasteiger partial charge in [-0.2, -0.15) is 0 Å². The summed E-state index contributed by atoms with van der Waals surface area (Å²) < 4.78 is 24.5. The number of aromatic carboxylic acids is 2. The van der Waals surface area contributed by atoms with Crippen LogP contribution in [0.3, 0.4) is 0 Å². The smallest absolute Gasteiger partial charge is 0.340 e. The second-order valence-corrected chi connectivity index (χ2v) is 21.0. The number of phenols is 2. The van der Waals surface area contributed by atoms with Crippen molar-refractivity contribution in [1.29, 1.82) is 0 Å². The van der Waals surface area contributed by atoms with Gasteiger partial charge in [0.2, 0.25) is 0 Å². The van der Waals surface area contributed by atoms with E-state index in [0.717, 1.165) is 32.7 Å². The van der Waals surface area contributed by atoms with Gasteiger partial charge in [0.15, 0.2) is 11.0 Å². The molecule has 2 unspecified atom stereocenters. The largest absolute Gasteiger partial charge is 0.872 e. The first kappa shape index (κ1) is 53.1. The van der Waals surface area contributed by atoms with Gasteiger partial charge in [-0.3, -0.25) is 4.79 Å². The number of phenolic OH excluding ortho intramolecular Hbond substituents is 2. The molecule has 2 atom stereocenters. The molecule has 4 heterocycles. The van der Waals surface area contributed by atoms with Crippen molar-refractivity contribution >= 4 is 77.7 Å². The van der Waals surface area contributed by atoms with Gasteiger partial charge in [-0.15, -0.1) is 11.5 Å². The maximum absolute atomic E-state index is 12.8. The van der Waals surface area contributed by atoms with Gasteiger partial charge >= 0.3 is 17.9 Å². The number of rotatable bonds is 4. The summed E-state index contributed by atoms with van der Waals surface area (Å²) in [7, 11) is 0. The molecule has 0 fully saturated rings. The number of carboxylic acid groups (broad SMARTS) is 2. The molecule has 0 bridgehead atoms. The Morgan fingerprint density at radius 2 is 1.10 bits per heavy atom. The monoisotopic (exact) mass is 1150 g/mol. The predicted molar refractivity (Wildman–Crippen MR) is 322 cm³/mol. The van der Waals surface area contributed by atoms with E-state index >= 15 is 0 Å². The van der Waals surface area contributed by atoms with E-state index < -0.39 is 29.6 Å². The number of aromatic hydroxyl groups is 2. The van der Waals surface area contributed by atoms with Crippen LogP contribution in [0.15, 0.2) is 239 Å². The first-order chi connectivity index (χ1) is 42.1. The van der Waals surface area contributed by atoms with Gasteiger partial charge in [-0.25, -0.2) is 14.4 Å². The molecule has 0 saturated carbocycles. The van der Waals surface area contributed by atoms with Gasteiger partial charge in [0.25, 0.3) is 0 Å². The number of carbonyl (C=O) groups is 3. The zero-order valence-corrected chi connectivity index (χ0v) is 45.2. The molecule has 422 valence electrons. The van der Waals surface area contributed by atoms with Gasteiger partial charge in [0, 0.05) is 72.0 Å². The number of benzene rings is 11. The molecule has 15 heteroatoms. The highest BCUT2D eigenvalue weighted by Gasteiger charge is 2.54. The molecule has 1 aliphatic carbocycles. The molecule has 5 N–H and O–H groups in total. The Balaban J connectivity index is 0.000000115. The first-order valence-corrected chi connectivity index (χ1v) is 27.2. The molecule has 12 aromatic rings. The highest BCUT2D eigenvalue weighted by Crippen LogP contribution is 2.58. The Labute approximate surface area is 491 Å². The average molecular weight is 1150 g/mol. The van der Waals surface area contributed by atoms with Gasteiger partial charge in [0.1, 0.15) is 45.7 Å². The fourth-order valence-corrected chi connectivity index (χ4v) is 12.1. The molecule has 4 aliphatic rings. The molecule has 87 heavy (non-hydrogen) atoms. The molecule has 3 aliphatic heterocycles. The van der Waals surface area contributed by atoms with E-state index in [4.69, 9.17) is 18.6 Å². The minimum absolute atomic E-state index is 0.0536. The van der Waals surface area contributed by atoms with Crippen molar-refractivity contribution in [2.45, 2.75) is 11.7 Å². The number of allylic oxidation sites excluding steroid dienone is 1. The van der Waals surface area contributed by atoms with Crippen LogP contribution in [0.2, 0.25) is 0 Å². The van der Waals surface area contributed by atoms with Gasteiger partial charge < -0.3 is 54.4 Å². The van der Waals surface area contributed by atoms with E-state index in [1.54, 1.807) is 127 Å². The summed E-state index contributed by atoms with van der Waals surface area (Å²) in [5, 5.41) is 78.9. The standard InChI is InChI=1S/C24H14O5.C24H16O5.C24H14O5/c25-14-6-8-16-13(11-14)5-9-20-22(16)28-21-12-15(26)7-10-19(21)24(20)18-4-2-1-3-17(18)23(27)29-24;2*25-14-6-9-16-13(11-14)5-8-20-22(17-3-1-2-4-18(17)24(27)28)19-10-7-15(26)12-21(19)29-23(16)20/h1-12,25-26H;1-12,15,25-26H,(H,27,28);1-12,26H,(H,27,28)/p-2. The van der Waals surface area contributed by atoms with Crippen LogP contribution in [-0.4, -0.2) is 49.5 Å². The molecular formula is C72H42O15-2. The van der Waals surface area contributed by atoms with Crippen molar-refractivity contribution in [2.75, 3.05) is 0 Å². The summed E-state index contributed by atoms with van der Waals surface area (Å²) >= 11 is 0. The van der Waals surface area contributed by atoms with E-state index in [9.17, 15) is 54.9 Å². The highest BCUT2D eigenvalue weighted by molar-refractivity contribution is 6.17. The average Bonchev–Trinajstić information content (AvgIpc) is 1.67. The number of carboxylic acids is 2. The number of fused-ring (bicyclic) bond motifs is 16. The van der Waals surface area contributed by atoms with Gasteiger partial charge in [-0.1, -0.05) is 115 Å². The summed E-state index contributed by atoms with van der Waals surface area (Å²) in [6, 6.07) is 55.6. The van der Waals surface area contributed by atoms with E-state index in [1.807, 2.05) is 48.5 Å². The summed E-state index contributed by atoms with van der Waals surface area (Å²) in [4.78, 5) is 48.3. The number of hydrogen-bond donors (Lipinski definition) is 5. The number of aliphatic hydroxyl groups is 1. The third-order valence-electron chi connectivity index (χ3n) is 15.9. The van der Waals surface area contributed by atoms with Crippen LogP contribution in [0.5, 0.6) is 40.2 Å². The molecule has 0 saturated heterocycles. The zero-order valence-electron chi connectivity index (χ0n) is 45.2. The Morgan fingerprint density at radius 1 is 0.506 bits per heavy atom. The number of hydrogen-bond acceptors (Lipinski definition) is 13. The lowest BCUT2D eigenvalue weighted by molar-refractivity contribution is -0.268. The number of esters is 1. The third-order valence-corrected chi connectivity index (χ3v) is 15.9. The summed E-state index contributed by atoms with van der Waals surface area (Å²) in [6.45, 7) is 0. The molecule has 1 aromatic heterocycles. The Morgan fingerprint density at radius 3 is 1.90 bits per heavy atom. The van der Waals surface area contributed by atoms with Crippen LogP contribution in [0.1, 0.15) is 58.9 Å². The van der Waals surface area contributed by atoms with E-state index in [1.165, 1.54) is 42.5 Å². The topological polar surface area (TPSA) is 256 Å². The molecule has 1 spiro atoms. The fourth-order valence-electron chi connectivity index (χ4n) is 12.1. The lowest BCUT2D eigenvalue weighted by atomic mass is 9.77. The quantitative estimate of drug-likeness (QED) is 0.0624. The summed E-state index contributed by atoms with van der Waals surface area (Å²) in [5.41, 5.74) is 6.42. The second kappa shape index (κ2) is 20.4. The molecule has 0 amide bonds. The molecular weight excluding hydrogens is 1100 g/mol. The molecule has 0 radical (unpaired) electrons. The minimum Gasteiger partial charge on any atom is -0.872 e. The summed E-state index contributed by atoms with van der Waals surface area (Å²) in [5.74, 6) is -0.626. The van der Waals surface area contributed by atoms with E-state index in [0.29, 0.717) is 100 Å². The van der Waals surface area contributed by atoms with E-state index in [2.05, 4.69) is 0 Å². The van der Waals surface area contributed by atoms with Gasteiger partial charge in [-0.05, 0) is 124 Å². The SMILES string of the molecule is O=C(O)c1ccccc1-c1c2ccc([O-])cc2oc2c1ccc1cc(=O)ccc12.O=C(O)c1ccccc1C1=C2C=CC(O)C=C2Oc2c1ccc1cc([O-])ccc21.O=C1OC2(c3ccc(O)cc3Oc3c2ccc2cc(O)ccc32)c2ccccc21. The fraction of sp³-hybridized carbons (Fsp3) is 0.0278. The molecule has 11 aromatic carbocycles. The maximum atomic E-state index is 12.8. The second-order valence-electron chi connectivity index (χ2n) is 21.0. The predicted octanol–water partition coefficient (Wildman–Crippen LogP) is 13.0. The lowest BCUT2D eigenvalue weighted by Crippen LogP contribution is -2.33. The van der Waals surface area contributed by atoms with Crippen LogP contribution in [-0.2, 0) is 10.3 Å². The van der Waals surface area contributed by atoms with Crippen LogP contribution >= 0.6 is 0 Å². The minimum atomic E-state index is -1.17. The van der Waals surface area contributed by atoms with Gasteiger partial charge in [0.05, 0.1) is 22.8 Å². The van der Waals surface area contributed by atoms with Crippen LogP contribution < -0.4 is 25.1 Å². The van der Waals surface area contributed by atoms with Crippen molar-refractivity contribution in [3.63, 3.8) is 0 Å². The number of ether oxygens (including phenoxy) is 3. The lowest BCUT2D eigenvalue weighted by Gasteiger charge is -2.37. The van der Waals surface area contributed by atoms with Crippen molar-refractivity contribution in [1.82, 2.24) is 0 Å². The number of aliphatic hydroxyl groups excluding tert-OH is 1. The Hall–Kier alpha value is -11.9. The Bertz CT molecular complexity index is 5170. The van der Waals surface area contributed by atoms with Crippen molar-refractivity contribution in [3.05, 3.63) is 284 Å². The Kier molecular flexibility index (Phi) is 12.5. The van der Waals surface area contributed by atoms with Crippen molar-refractivity contribution in [2.24, 2.45) is 0 Å².